The van der Waals surface area contributed by atoms with Crippen molar-refractivity contribution < 1.29 is 4.74 Å². The summed E-state index contributed by atoms with van der Waals surface area (Å²) in [6, 6.07) is 0. The van der Waals surface area contributed by atoms with E-state index in [2.05, 4.69) is 38.3 Å². The fourth-order valence-corrected chi connectivity index (χ4v) is 2.46. The first-order chi connectivity index (χ1) is 7.67. The molecule has 0 aliphatic carbocycles. The van der Waals surface area contributed by atoms with Gasteiger partial charge in [0.2, 0.25) is 0 Å². The maximum atomic E-state index is 5.42. The van der Waals surface area contributed by atoms with E-state index in [4.69, 9.17) is 4.74 Å². The van der Waals surface area contributed by atoms with Gasteiger partial charge in [0.1, 0.15) is 0 Å². The summed E-state index contributed by atoms with van der Waals surface area (Å²) in [6.07, 6.45) is 2.41. The van der Waals surface area contributed by atoms with Crippen molar-refractivity contribution >= 4 is 12.6 Å². The predicted molar refractivity (Wildman–Crippen MR) is 75.5 cm³/mol. The summed E-state index contributed by atoms with van der Waals surface area (Å²) in [4.78, 5) is 2.48. The molecule has 3 heteroatoms. The Hall–Kier alpha value is 0.270. The van der Waals surface area contributed by atoms with E-state index in [1.807, 2.05) is 6.92 Å². The predicted octanol–water partition coefficient (Wildman–Crippen LogP) is 3.08. The van der Waals surface area contributed by atoms with Crippen molar-refractivity contribution in [3.63, 3.8) is 0 Å². The molecule has 0 spiro atoms. The van der Waals surface area contributed by atoms with Gasteiger partial charge in [-0.2, -0.15) is 12.6 Å². The van der Waals surface area contributed by atoms with Gasteiger partial charge in [-0.05, 0) is 37.5 Å². The smallest absolute Gasteiger partial charge is 0.0593 e. The van der Waals surface area contributed by atoms with E-state index >= 15 is 0 Å². The minimum Gasteiger partial charge on any atom is -0.380 e. The van der Waals surface area contributed by atoms with Gasteiger partial charge in [0, 0.05) is 19.7 Å². The zero-order chi connectivity index (χ0) is 12.4. The Bertz CT molecular complexity index is 152. The van der Waals surface area contributed by atoms with E-state index in [0.29, 0.717) is 5.41 Å². The molecule has 0 radical (unpaired) electrons. The van der Waals surface area contributed by atoms with E-state index in [0.717, 1.165) is 38.6 Å². The average Bonchev–Trinajstić information content (AvgIpc) is 2.34. The minimum atomic E-state index is 0.380. The molecule has 0 aromatic heterocycles. The van der Waals surface area contributed by atoms with Crippen LogP contribution < -0.4 is 0 Å². The fraction of sp³-hybridized carbons (Fsp3) is 1.00. The molecule has 16 heavy (non-hydrogen) atoms. The molecule has 0 unspecified atom stereocenters. The SMILES string of the molecule is CCOCCN(CC)CC(CC)(CC)CS. The highest BCUT2D eigenvalue weighted by Crippen LogP contribution is 2.28. The molecule has 0 aromatic rings. The molecule has 0 aliphatic rings. The van der Waals surface area contributed by atoms with Crippen LogP contribution in [-0.4, -0.2) is 43.5 Å². The Balaban J connectivity index is 4.15. The molecule has 2 nitrogen and oxygen atoms in total. The first-order valence-corrected chi connectivity index (χ1v) is 7.22. The Morgan fingerprint density at radius 3 is 2.12 bits per heavy atom. The van der Waals surface area contributed by atoms with Crippen molar-refractivity contribution in [3.05, 3.63) is 0 Å². The van der Waals surface area contributed by atoms with E-state index in [1.165, 1.54) is 12.8 Å². The van der Waals surface area contributed by atoms with Gasteiger partial charge in [0.25, 0.3) is 0 Å². The zero-order valence-corrected chi connectivity index (χ0v) is 12.4. The number of rotatable bonds is 10. The standard InChI is InChI=1S/C13H29NOS/c1-5-13(6-2,12-16)11-14(7-3)9-10-15-8-4/h16H,5-12H2,1-4H3. The lowest BCUT2D eigenvalue weighted by Gasteiger charge is -2.35. The van der Waals surface area contributed by atoms with Crippen LogP contribution in [0.25, 0.3) is 0 Å². The number of hydrogen-bond donors (Lipinski definition) is 1. The van der Waals surface area contributed by atoms with E-state index in [9.17, 15) is 0 Å². The van der Waals surface area contributed by atoms with Crippen LogP contribution >= 0.6 is 12.6 Å². The van der Waals surface area contributed by atoms with Crippen molar-refractivity contribution in [2.45, 2.75) is 40.5 Å². The Morgan fingerprint density at radius 1 is 1.12 bits per heavy atom. The number of ether oxygens (including phenoxy) is 1. The second-order valence-electron chi connectivity index (χ2n) is 4.43. The van der Waals surface area contributed by atoms with Gasteiger partial charge in [-0.3, -0.25) is 0 Å². The van der Waals surface area contributed by atoms with Crippen LogP contribution in [0.1, 0.15) is 40.5 Å². The van der Waals surface area contributed by atoms with Gasteiger partial charge in [0.05, 0.1) is 6.61 Å². The monoisotopic (exact) mass is 247 g/mol. The lowest BCUT2D eigenvalue weighted by molar-refractivity contribution is 0.0921. The first kappa shape index (κ1) is 16.3. The van der Waals surface area contributed by atoms with Gasteiger partial charge in [-0.25, -0.2) is 0 Å². The Kier molecular flexibility index (Phi) is 9.47. The normalized spacial score (nSPS) is 12.4. The zero-order valence-electron chi connectivity index (χ0n) is 11.5. The van der Waals surface area contributed by atoms with Crippen LogP contribution in [0.4, 0.5) is 0 Å². The average molecular weight is 247 g/mol. The molecule has 0 atom stereocenters. The summed E-state index contributed by atoms with van der Waals surface area (Å²) in [7, 11) is 0. The second-order valence-corrected chi connectivity index (χ2v) is 4.75. The summed E-state index contributed by atoms with van der Waals surface area (Å²) in [5, 5.41) is 0. The molecule has 0 aromatic carbocycles. The third-order valence-corrected chi connectivity index (χ3v) is 4.27. The minimum absolute atomic E-state index is 0.380. The quantitative estimate of drug-likeness (QED) is 0.470. The van der Waals surface area contributed by atoms with Crippen molar-refractivity contribution in [2.24, 2.45) is 5.41 Å². The van der Waals surface area contributed by atoms with Crippen LogP contribution in [0.3, 0.4) is 0 Å². The highest BCUT2D eigenvalue weighted by molar-refractivity contribution is 7.80. The number of likely N-dealkylation sites (N-methyl/N-ethyl adjacent to an activating group) is 1. The molecule has 98 valence electrons. The molecule has 0 fully saturated rings. The Labute approximate surface area is 107 Å². The maximum absolute atomic E-state index is 5.42. The summed E-state index contributed by atoms with van der Waals surface area (Å²) in [6.45, 7) is 13.8. The third-order valence-electron chi connectivity index (χ3n) is 3.60. The number of nitrogens with zero attached hydrogens (tertiary/aromatic N) is 1. The lowest BCUT2D eigenvalue weighted by atomic mass is 9.84. The Morgan fingerprint density at radius 2 is 1.75 bits per heavy atom. The number of hydrogen-bond acceptors (Lipinski definition) is 3. The second kappa shape index (κ2) is 9.32. The molecular formula is C13H29NOS. The highest BCUT2D eigenvalue weighted by atomic mass is 32.1. The van der Waals surface area contributed by atoms with Crippen LogP contribution in [0.2, 0.25) is 0 Å². The van der Waals surface area contributed by atoms with E-state index in [-0.39, 0.29) is 0 Å². The molecule has 0 saturated carbocycles. The summed E-state index contributed by atoms with van der Waals surface area (Å²) < 4.78 is 5.42. The van der Waals surface area contributed by atoms with Crippen molar-refractivity contribution in [1.29, 1.82) is 0 Å². The molecule has 0 amide bonds. The first-order valence-electron chi connectivity index (χ1n) is 6.58. The highest BCUT2D eigenvalue weighted by Gasteiger charge is 2.26. The summed E-state index contributed by atoms with van der Waals surface area (Å²) in [5.74, 6) is 0.977. The molecule has 0 saturated heterocycles. The topological polar surface area (TPSA) is 12.5 Å². The van der Waals surface area contributed by atoms with Crippen molar-refractivity contribution in [2.75, 3.05) is 38.6 Å². The van der Waals surface area contributed by atoms with Crippen LogP contribution in [0.15, 0.2) is 0 Å². The van der Waals surface area contributed by atoms with Gasteiger partial charge in [0.15, 0.2) is 0 Å². The van der Waals surface area contributed by atoms with Crippen LogP contribution in [-0.2, 0) is 4.74 Å². The summed E-state index contributed by atoms with van der Waals surface area (Å²) >= 11 is 4.53. The van der Waals surface area contributed by atoms with Crippen LogP contribution in [0.5, 0.6) is 0 Å². The van der Waals surface area contributed by atoms with Crippen molar-refractivity contribution in [3.8, 4) is 0 Å². The van der Waals surface area contributed by atoms with E-state index < -0.39 is 0 Å². The van der Waals surface area contributed by atoms with Crippen molar-refractivity contribution in [1.82, 2.24) is 4.90 Å². The third kappa shape index (κ3) is 5.55. The van der Waals surface area contributed by atoms with Gasteiger partial charge in [-0.15, -0.1) is 0 Å². The molecule has 0 N–H and O–H groups in total. The van der Waals surface area contributed by atoms with E-state index in [1.54, 1.807) is 0 Å². The molecule has 0 bridgehead atoms. The fourth-order valence-electron chi connectivity index (χ4n) is 1.91. The molecule has 0 rings (SSSR count). The van der Waals surface area contributed by atoms with Gasteiger partial charge >= 0.3 is 0 Å². The van der Waals surface area contributed by atoms with Gasteiger partial charge < -0.3 is 9.64 Å². The summed E-state index contributed by atoms with van der Waals surface area (Å²) in [5.41, 5.74) is 0.380. The number of thiol groups is 1. The van der Waals surface area contributed by atoms with Crippen LogP contribution in [0, 0.1) is 5.41 Å². The molecule has 0 heterocycles. The maximum Gasteiger partial charge on any atom is 0.0593 e. The molecular weight excluding hydrogens is 218 g/mol. The van der Waals surface area contributed by atoms with Gasteiger partial charge in [-0.1, -0.05) is 20.8 Å². The lowest BCUT2D eigenvalue weighted by Crippen LogP contribution is -2.40. The molecule has 0 aliphatic heterocycles. The largest absolute Gasteiger partial charge is 0.380 e.